The van der Waals surface area contributed by atoms with Crippen molar-refractivity contribution in [2.24, 2.45) is 0 Å². The zero-order valence-corrected chi connectivity index (χ0v) is 14.6. The van der Waals surface area contributed by atoms with Crippen LogP contribution in [0.25, 0.3) is 10.8 Å². The van der Waals surface area contributed by atoms with E-state index in [-0.39, 0.29) is 6.03 Å². The largest absolute Gasteiger partial charge is 0.494 e. The summed E-state index contributed by atoms with van der Waals surface area (Å²) in [5.41, 5.74) is 1.50. The fraction of sp³-hybridized carbons (Fsp3) is 0.100. The van der Waals surface area contributed by atoms with Gasteiger partial charge in [0.15, 0.2) is 0 Å². The van der Waals surface area contributed by atoms with Crippen molar-refractivity contribution < 1.29 is 9.53 Å². The van der Waals surface area contributed by atoms with Crippen molar-refractivity contribution in [1.82, 2.24) is 5.32 Å². The van der Waals surface area contributed by atoms with Crippen molar-refractivity contribution in [2.75, 3.05) is 11.9 Å². The molecular formula is C20H18N2O2S. The van der Waals surface area contributed by atoms with Crippen molar-refractivity contribution >= 4 is 39.7 Å². The third-order valence-electron chi connectivity index (χ3n) is 3.68. The summed E-state index contributed by atoms with van der Waals surface area (Å²) < 4.78 is 5.38. The molecule has 0 fully saturated rings. The highest BCUT2D eigenvalue weighted by molar-refractivity contribution is 7.80. The molecule has 4 nitrogen and oxygen atoms in total. The second-order valence-electron chi connectivity index (χ2n) is 5.39. The molecule has 0 aliphatic carbocycles. The van der Waals surface area contributed by atoms with Crippen LogP contribution in [0.5, 0.6) is 5.75 Å². The van der Waals surface area contributed by atoms with Gasteiger partial charge in [-0.25, -0.2) is 4.79 Å². The Morgan fingerprint density at radius 2 is 1.72 bits per heavy atom. The molecule has 2 amide bonds. The maximum atomic E-state index is 12.2. The minimum absolute atomic E-state index is 0.373. The van der Waals surface area contributed by atoms with Crippen LogP contribution in [0.15, 0.2) is 66.7 Å². The molecular weight excluding hydrogens is 332 g/mol. The summed E-state index contributed by atoms with van der Waals surface area (Å²) in [6.45, 7) is 2.53. The monoisotopic (exact) mass is 350 g/mol. The molecule has 0 unspecified atom stereocenters. The second-order valence-corrected chi connectivity index (χ2v) is 5.80. The van der Waals surface area contributed by atoms with Crippen LogP contribution in [-0.4, -0.2) is 17.6 Å². The van der Waals surface area contributed by atoms with Gasteiger partial charge in [-0.15, -0.1) is 0 Å². The number of hydrogen-bond donors (Lipinski definition) is 2. The Bertz CT molecular complexity index is 902. The van der Waals surface area contributed by atoms with Crippen LogP contribution >= 0.6 is 12.2 Å². The van der Waals surface area contributed by atoms with Gasteiger partial charge in [-0.05, 0) is 42.0 Å². The summed E-state index contributed by atoms with van der Waals surface area (Å²) in [6.07, 6.45) is 0. The lowest BCUT2D eigenvalue weighted by Gasteiger charge is -2.11. The first kappa shape index (κ1) is 16.9. The Morgan fingerprint density at radius 1 is 1.00 bits per heavy atom. The maximum absolute atomic E-state index is 12.2. The van der Waals surface area contributed by atoms with Gasteiger partial charge < -0.3 is 10.1 Å². The van der Waals surface area contributed by atoms with Gasteiger partial charge in [-0.3, -0.25) is 5.32 Å². The highest BCUT2D eigenvalue weighted by atomic mass is 32.1. The van der Waals surface area contributed by atoms with Gasteiger partial charge in [0.2, 0.25) is 0 Å². The predicted octanol–water partition coefficient (Wildman–Crippen LogP) is 4.74. The van der Waals surface area contributed by atoms with E-state index >= 15 is 0 Å². The average Bonchev–Trinajstić information content (AvgIpc) is 2.63. The Kier molecular flexibility index (Phi) is 5.26. The van der Waals surface area contributed by atoms with Crippen molar-refractivity contribution in [2.45, 2.75) is 6.92 Å². The molecule has 0 radical (unpaired) electrons. The SMILES string of the molecule is CCOc1ccc(NC(=O)NC(=S)c2cccc3ccccc23)cc1. The van der Waals surface area contributed by atoms with Gasteiger partial charge in [0.1, 0.15) is 10.7 Å². The summed E-state index contributed by atoms with van der Waals surface area (Å²) in [4.78, 5) is 12.6. The van der Waals surface area contributed by atoms with Crippen LogP contribution < -0.4 is 15.4 Å². The topological polar surface area (TPSA) is 50.4 Å². The van der Waals surface area contributed by atoms with Crippen molar-refractivity contribution in [3.63, 3.8) is 0 Å². The van der Waals surface area contributed by atoms with Crippen molar-refractivity contribution in [1.29, 1.82) is 0 Å². The highest BCUT2D eigenvalue weighted by Crippen LogP contribution is 2.19. The van der Waals surface area contributed by atoms with E-state index in [2.05, 4.69) is 10.6 Å². The lowest BCUT2D eigenvalue weighted by atomic mass is 10.0. The molecule has 0 bridgehead atoms. The molecule has 0 saturated carbocycles. The Labute approximate surface area is 151 Å². The number of benzene rings is 3. The van der Waals surface area contributed by atoms with Gasteiger partial charge in [-0.1, -0.05) is 54.7 Å². The van der Waals surface area contributed by atoms with Crippen LogP contribution in [0.4, 0.5) is 10.5 Å². The van der Waals surface area contributed by atoms with Gasteiger partial charge in [0.05, 0.1) is 6.61 Å². The number of thiocarbonyl (C=S) groups is 1. The highest BCUT2D eigenvalue weighted by Gasteiger charge is 2.10. The van der Waals surface area contributed by atoms with Gasteiger partial charge in [0.25, 0.3) is 0 Å². The summed E-state index contributed by atoms with van der Waals surface area (Å²) in [7, 11) is 0. The summed E-state index contributed by atoms with van der Waals surface area (Å²) in [5, 5.41) is 7.58. The normalized spacial score (nSPS) is 10.3. The number of carbonyl (C=O) groups is 1. The lowest BCUT2D eigenvalue weighted by Crippen LogP contribution is -2.33. The summed E-state index contributed by atoms with van der Waals surface area (Å²) >= 11 is 5.40. The number of nitrogens with one attached hydrogen (secondary N) is 2. The molecule has 0 saturated heterocycles. The quantitative estimate of drug-likeness (QED) is 0.669. The molecule has 0 aliphatic rings. The molecule has 126 valence electrons. The van der Waals surface area contributed by atoms with E-state index in [0.29, 0.717) is 17.3 Å². The van der Waals surface area contributed by atoms with Crippen LogP contribution in [0.1, 0.15) is 12.5 Å². The van der Waals surface area contributed by atoms with E-state index in [1.54, 1.807) is 12.1 Å². The number of urea groups is 1. The van der Waals surface area contributed by atoms with E-state index < -0.39 is 0 Å². The van der Waals surface area contributed by atoms with Crippen molar-refractivity contribution in [3.8, 4) is 5.75 Å². The third kappa shape index (κ3) is 4.14. The summed E-state index contributed by atoms with van der Waals surface area (Å²) in [5.74, 6) is 0.764. The molecule has 25 heavy (non-hydrogen) atoms. The second kappa shape index (κ2) is 7.77. The molecule has 3 rings (SSSR count). The number of ether oxygens (including phenoxy) is 1. The smallest absolute Gasteiger partial charge is 0.324 e. The number of carbonyl (C=O) groups excluding carboxylic acids is 1. The zero-order chi connectivity index (χ0) is 17.6. The Morgan fingerprint density at radius 3 is 2.48 bits per heavy atom. The molecule has 2 N–H and O–H groups in total. The van der Waals surface area contributed by atoms with E-state index in [4.69, 9.17) is 17.0 Å². The van der Waals surface area contributed by atoms with E-state index in [1.165, 1.54) is 0 Å². The molecule has 0 spiro atoms. The van der Waals surface area contributed by atoms with Crippen LogP contribution in [0, 0.1) is 0 Å². The first-order valence-corrected chi connectivity index (χ1v) is 8.41. The molecule has 0 heterocycles. The van der Waals surface area contributed by atoms with Crippen LogP contribution in [0.2, 0.25) is 0 Å². The summed E-state index contributed by atoms with van der Waals surface area (Å²) in [6, 6.07) is 20.6. The molecule has 0 aliphatic heterocycles. The first-order valence-electron chi connectivity index (χ1n) is 8.00. The number of rotatable bonds is 4. The van der Waals surface area contributed by atoms with Gasteiger partial charge in [-0.2, -0.15) is 0 Å². The molecule has 0 atom stereocenters. The third-order valence-corrected chi connectivity index (χ3v) is 4.01. The molecule has 5 heteroatoms. The number of hydrogen-bond acceptors (Lipinski definition) is 3. The standard InChI is InChI=1S/C20H18N2O2S/c1-2-24-16-12-10-15(11-13-16)21-20(23)22-19(25)18-9-5-7-14-6-3-4-8-17(14)18/h3-13H,2H2,1H3,(H2,21,22,23,25). The fourth-order valence-electron chi connectivity index (χ4n) is 2.56. The Balaban J connectivity index is 1.68. The average molecular weight is 350 g/mol. The van der Waals surface area contributed by atoms with Gasteiger partial charge >= 0.3 is 6.03 Å². The maximum Gasteiger partial charge on any atom is 0.324 e. The predicted molar refractivity (Wildman–Crippen MR) is 105 cm³/mol. The molecule has 3 aromatic rings. The molecule has 3 aromatic carbocycles. The van der Waals surface area contributed by atoms with E-state index in [1.807, 2.05) is 61.5 Å². The zero-order valence-electron chi connectivity index (χ0n) is 13.8. The van der Waals surface area contributed by atoms with Crippen LogP contribution in [-0.2, 0) is 0 Å². The number of fused-ring (bicyclic) bond motifs is 1. The number of anilines is 1. The molecule has 0 aromatic heterocycles. The van der Waals surface area contributed by atoms with E-state index in [9.17, 15) is 4.79 Å². The first-order chi connectivity index (χ1) is 12.2. The fourth-order valence-corrected chi connectivity index (χ4v) is 2.83. The van der Waals surface area contributed by atoms with Crippen molar-refractivity contribution in [3.05, 3.63) is 72.3 Å². The van der Waals surface area contributed by atoms with E-state index in [0.717, 1.165) is 22.1 Å². The number of amides is 2. The van der Waals surface area contributed by atoms with Gasteiger partial charge in [0, 0.05) is 11.3 Å². The minimum atomic E-state index is -0.373. The lowest BCUT2D eigenvalue weighted by molar-refractivity contribution is 0.256. The Hall–Kier alpha value is -2.92. The minimum Gasteiger partial charge on any atom is -0.494 e. The van der Waals surface area contributed by atoms with Crippen LogP contribution in [0.3, 0.4) is 0 Å².